The van der Waals surface area contributed by atoms with Gasteiger partial charge in [-0.2, -0.15) is 32.3 Å². The second-order valence-electron chi connectivity index (χ2n) is 4.51. The summed E-state index contributed by atoms with van der Waals surface area (Å²) in [4.78, 5) is 4.24. The molecule has 0 unspecified atom stereocenters. The summed E-state index contributed by atoms with van der Waals surface area (Å²) in [7, 11) is 1.81. The normalized spacial score (nSPS) is 10.5. The van der Waals surface area contributed by atoms with Crippen LogP contribution in [0.5, 0.6) is 0 Å². The van der Waals surface area contributed by atoms with Crippen LogP contribution in [-0.4, -0.2) is 46.3 Å². The molecule has 0 aliphatic rings. The van der Waals surface area contributed by atoms with Crippen LogP contribution in [0.15, 0.2) is 27.9 Å². The first-order valence-corrected chi connectivity index (χ1v) is 11.3. The van der Waals surface area contributed by atoms with Crippen LogP contribution in [-0.2, 0) is 11.5 Å². The summed E-state index contributed by atoms with van der Waals surface area (Å²) in [6.45, 7) is 1.81. The number of nitrogens with zero attached hydrogens (tertiary/aromatic N) is 3. The first-order valence-electron chi connectivity index (χ1n) is 7.27. The first kappa shape index (κ1) is 18.6. The minimum Gasteiger partial charge on any atom is -0.356 e. The molecule has 2 aromatic heterocycles. The van der Waals surface area contributed by atoms with E-state index in [2.05, 4.69) is 36.5 Å². The van der Waals surface area contributed by atoms with E-state index in [1.165, 1.54) is 34.5 Å². The van der Waals surface area contributed by atoms with E-state index in [9.17, 15) is 0 Å². The van der Waals surface area contributed by atoms with Gasteiger partial charge < -0.3 is 10.6 Å². The quantitative estimate of drug-likeness (QED) is 0.371. The van der Waals surface area contributed by atoms with Crippen molar-refractivity contribution < 1.29 is 0 Å². The molecule has 0 atom stereocenters. The van der Waals surface area contributed by atoms with Crippen LogP contribution in [0.3, 0.4) is 0 Å². The molecule has 23 heavy (non-hydrogen) atoms. The second-order valence-corrected chi connectivity index (χ2v) is 8.05. The molecule has 0 amide bonds. The van der Waals surface area contributed by atoms with Gasteiger partial charge >= 0.3 is 0 Å². The molecule has 2 heterocycles. The van der Waals surface area contributed by atoms with Crippen molar-refractivity contribution in [2.45, 2.75) is 11.5 Å². The van der Waals surface area contributed by atoms with Gasteiger partial charge in [0.1, 0.15) is 0 Å². The zero-order valence-corrected chi connectivity index (χ0v) is 16.3. The zero-order chi connectivity index (χ0) is 16.2. The third-order valence-corrected chi connectivity index (χ3v) is 5.96. The average molecular weight is 388 g/mol. The summed E-state index contributed by atoms with van der Waals surface area (Å²) < 4.78 is 8.60. The highest BCUT2D eigenvalue weighted by atomic mass is 32.2. The maximum absolute atomic E-state index is 4.30. The summed E-state index contributed by atoms with van der Waals surface area (Å²) in [5.74, 6) is 4.90. The molecule has 2 aromatic rings. The van der Waals surface area contributed by atoms with Crippen molar-refractivity contribution >= 4 is 52.5 Å². The van der Waals surface area contributed by atoms with E-state index in [1.54, 1.807) is 7.05 Å². The third kappa shape index (κ3) is 8.05. The van der Waals surface area contributed by atoms with Crippen molar-refractivity contribution in [1.29, 1.82) is 0 Å². The van der Waals surface area contributed by atoms with Crippen LogP contribution < -0.4 is 10.6 Å². The number of aromatic nitrogens is 2. The molecule has 2 N–H and O–H groups in total. The summed E-state index contributed by atoms with van der Waals surface area (Å²) in [6.07, 6.45) is 0. The van der Waals surface area contributed by atoms with Crippen LogP contribution in [0.25, 0.3) is 0 Å². The Labute approximate surface area is 154 Å². The van der Waals surface area contributed by atoms with Gasteiger partial charge in [0.05, 0.1) is 11.4 Å². The topological polar surface area (TPSA) is 62.2 Å². The number of rotatable bonds is 10. The van der Waals surface area contributed by atoms with Crippen molar-refractivity contribution in [3.63, 3.8) is 0 Å². The van der Waals surface area contributed by atoms with Gasteiger partial charge in [-0.1, -0.05) is 0 Å². The van der Waals surface area contributed by atoms with Gasteiger partial charge in [-0.25, -0.2) is 0 Å². The molecule has 0 bridgehead atoms. The summed E-state index contributed by atoms with van der Waals surface area (Å²) in [5, 5.41) is 10.7. The Kier molecular flexibility index (Phi) is 9.46. The van der Waals surface area contributed by atoms with Crippen molar-refractivity contribution in [3.05, 3.63) is 34.3 Å². The summed E-state index contributed by atoms with van der Waals surface area (Å²) in [6, 6.07) is 4.16. The fraction of sp³-hybridized carbons (Fsp3) is 0.500. The van der Waals surface area contributed by atoms with Crippen molar-refractivity contribution in [3.8, 4) is 0 Å². The highest BCUT2D eigenvalue weighted by Gasteiger charge is 1.99. The maximum atomic E-state index is 4.30. The minimum atomic E-state index is 0.869. The van der Waals surface area contributed by atoms with Crippen LogP contribution in [0, 0.1) is 0 Å². The van der Waals surface area contributed by atoms with Gasteiger partial charge in [-0.15, -0.1) is 0 Å². The number of hydrogen-bond acceptors (Lipinski definition) is 7. The molecule has 0 fully saturated rings. The Morgan fingerprint density at radius 2 is 1.52 bits per heavy atom. The van der Waals surface area contributed by atoms with E-state index in [0.717, 1.165) is 42.1 Å². The van der Waals surface area contributed by atoms with E-state index in [0.29, 0.717) is 0 Å². The smallest absolute Gasteiger partial charge is 0.191 e. The molecule has 0 radical (unpaired) electrons. The number of thioether (sulfide) groups is 2. The lowest BCUT2D eigenvalue weighted by molar-refractivity contribution is 0.864. The minimum absolute atomic E-state index is 0.869. The SMILES string of the molecule is CN=C(NCCSCc1ccsn1)NCCSCc1ccsn1. The Bertz CT molecular complexity index is 495. The molecule has 2 rings (SSSR count). The largest absolute Gasteiger partial charge is 0.356 e. The Morgan fingerprint density at radius 3 is 1.91 bits per heavy atom. The van der Waals surface area contributed by atoms with Gasteiger partial charge in [0.25, 0.3) is 0 Å². The van der Waals surface area contributed by atoms with Crippen molar-refractivity contribution in [2.24, 2.45) is 4.99 Å². The molecule has 0 spiro atoms. The molecule has 126 valence electrons. The molecule has 5 nitrogen and oxygen atoms in total. The van der Waals surface area contributed by atoms with Gasteiger partial charge in [-0.05, 0) is 35.2 Å². The van der Waals surface area contributed by atoms with Crippen LogP contribution in [0.2, 0.25) is 0 Å². The Balaban J connectivity index is 1.46. The lowest BCUT2D eigenvalue weighted by Gasteiger charge is -2.11. The highest BCUT2D eigenvalue weighted by molar-refractivity contribution is 7.98. The second kappa shape index (κ2) is 11.7. The highest BCUT2D eigenvalue weighted by Crippen LogP contribution is 2.11. The molecule has 0 aromatic carbocycles. The maximum Gasteiger partial charge on any atom is 0.191 e. The fourth-order valence-electron chi connectivity index (χ4n) is 1.68. The number of guanidine groups is 1. The lowest BCUT2D eigenvalue weighted by atomic mass is 10.5. The zero-order valence-electron chi connectivity index (χ0n) is 13.0. The van der Waals surface area contributed by atoms with Gasteiger partial charge in [0.2, 0.25) is 0 Å². The average Bonchev–Trinajstić information content (AvgIpc) is 3.26. The van der Waals surface area contributed by atoms with Gasteiger partial charge in [-0.3, -0.25) is 4.99 Å². The number of hydrogen-bond donors (Lipinski definition) is 2. The monoisotopic (exact) mass is 387 g/mol. The third-order valence-electron chi connectivity index (χ3n) is 2.78. The molecule has 0 aliphatic heterocycles. The number of nitrogens with one attached hydrogen (secondary N) is 2. The molecule has 9 heteroatoms. The molecule has 0 saturated carbocycles. The first-order chi connectivity index (χ1) is 11.4. The molecular weight excluding hydrogens is 366 g/mol. The Hall–Kier alpha value is -0.770. The van der Waals surface area contributed by atoms with Gasteiger partial charge in [0.15, 0.2) is 5.96 Å². The van der Waals surface area contributed by atoms with E-state index >= 15 is 0 Å². The molecule has 0 aliphatic carbocycles. The summed E-state index contributed by atoms with van der Waals surface area (Å²) >= 11 is 6.79. The fourth-order valence-corrected chi connectivity index (χ4v) is 4.45. The predicted molar refractivity (Wildman–Crippen MR) is 106 cm³/mol. The van der Waals surface area contributed by atoms with E-state index in [1.807, 2.05) is 34.3 Å². The van der Waals surface area contributed by atoms with E-state index < -0.39 is 0 Å². The van der Waals surface area contributed by atoms with E-state index in [4.69, 9.17) is 0 Å². The van der Waals surface area contributed by atoms with Gasteiger partial charge in [0, 0.05) is 53.9 Å². The lowest BCUT2D eigenvalue weighted by Crippen LogP contribution is -2.39. The molecular formula is C14H21N5S4. The van der Waals surface area contributed by atoms with Crippen LogP contribution in [0.1, 0.15) is 11.4 Å². The van der Waals surface area contributed by atoms with Crippen molar-refractivity contribution in [2.75, 3.05) is 31.6 Å². The summed E-state index contributed by atoms with van der Waals surface area (Å²) in [5.41, 5.74) is 2.33. The number of aliphatic imine (C=N–C) groups is 1. The standard InChI is InChI=1S/C14H21N5S4/c1-15-14(16-4-8-20-10-12-2-6-22-18-12)17-5-9-21-11-13-3-7-23-19-13/h2-3,6-7H,4-5,8-11H2,1H3,(H2,15,16,17). The Morgan fingerprint density at radius 1 is 1.00 bits per heavy atom. The van der Waals surface area contributed by atoms with Crippen LogP contribution in [0.4, 0.5) is 0 Å². The molecule has 0 saturated heterocycles. The van der Waals surface area contributed by atoms with Crippen molar-refractivity contribution in [1.82, 2.24) is 19.4 Å². The predicted octanol–water partition coefficient (Wildman–Crippen LogP) is 2.93. The van der Waals surface area contributed by atoms with E-state index in [-0.39, 0.29) is 0 Å². The van der Waals surface area contributed by atoms with Crippen LogP contribution >= 0.6 is 46.6 Å².